The lowest BCUT2D eigenvalue weighted by molar-refractivity contribution is 0.236. The van der Waals surface area contributed by atoms with Gasteiger partial charge in [0.15, 0.2) is 0 Å². The Hall–Kier alpha value is -0.960. The highest BCUT2D eigenvalue weighted by molar-refractivity contribution is 8.12. The van der Waals surface area contributed by atoms with Gasteiger partial charge in [0, 0.05) is 0 Å². The zero-order valence-electron chi connectivity index (χ0n) is 7.43. The number of ether oxygens (including phenoxy) is 1. The minimum Gasteiger partial charge on any atom is -0.463 e. The molecule has 0 bridgehead atoms. The summed E-state index contributed by atoms with van der Waals surface area (Å²) in [6, 6.07) is 10.2. The molecule has 1 heterocycles. The van der Waals surface area contributed by atoms with Gasteiger partial charge in [0.25, 0.3) is 0 Å². The van der Waals surface area contributed by atoms with Crippen LogP contribution in [0.4, 0.5) is 0 Å². The van der Waals surface area contributed by atoms with Crippen LogP contribution in [-0.4, -0.2) is 18.0 Å². The van der Waals surface area contributed by atoms with Crippen LogP contribution in [0.15, 0.2) is 35.3 Å². The minimum atomic E-state index is 0.128. The molecule has 0 N–H and O–H groups in total. The maximum absolute atomic E-state index is 5.61. The van der Waals surface area contributed by atoms with E-state index in [1.807, 2.05) is 24.5 Å². The molecular weight excluding hydrogens is 182 g/mol. The first-order valence-corrected chi connectivity index (χ1v) is 5.42. The van der Waals surface area contributed by atoms with Crippen molar-refractivity contribution in [2.24, 2.45) is 4.99 Å². The maximum atomic E-state index is 5.61. The normalized spacial score (nSPS) is 21.0. The lowest BCUT2D eigenvalue weighted by atomic mass is 10.1. The highest BCUT2D eigenvalue weighted by Gasteiger charge is 2.20. The van der Waals surface area contributed by atoms with Gasteiger partial charge in [0.05, 0.1) is 6.54 Å². The van der Waals surface area contributed by atoms with Crippen molar-refractivity contribution in [2.45, 2.75) is 6.10 Å². The van der Waals surface area contributed by atoms with Crippen molar-refractivity contribution in [3.63, 3.8) is 0 Å². The van der Waals surface area contributed by atoms with Gasteiger partial charge < -0.3 is 4.74 Å². The van der Waals surface area contributed by atoms with Crippen LogP contribution in [0.5, 0.6) is 0 Å². The first-order valence-electron chi connectivity index (χ1n) is 4.20. The van der Waals surface area contributed by atoms with E-state index in [1.165, 1.54) is 5.56 Å². The second-order valence-corrected chi connectivity index (χ2v) is 3.59. The molecule has 1 aliphatic heterocycles. The predicted molar refractivity (Wildman–Crippen MR) is 56.1 cm³/mol. The fourth-order valence-electron chi connectivity index (χ4n) is 1.31. The molecule has 0 radical (unpaired) electrons. The van der Waals surface area contributed by atoms with Gasteiger partial charge in [-0.1, -0.05) is 42.1 Å². The maximum Gasteiger partial charge on any atom is 0.246 e. The van der Waals surface area contributed by atoms with Gasteiger partial charge in [-0.15, -0.1) is 0 Å². The SMILES string of the molecule is CSC1=NCC(c2ccccc2)O1. The van der Waals surface area contributed by atoms with Crippen LogP contribution in [-0.2, 0) is 4.74 Å². The molecule has 3 heteroatoms. The molecule has 0 aromatic heterocycles. The van der Waals surface area contributed by atoms with Crippen LogP contribution in [0.3, 0.4) is 0 Å². The number of benzene rings is 1. The number of hydrogen-bond donors (Lipinski definition) is 0. The third-order valence-electron chi connectivity index (χ3n) is 1.98. The smallest absolute Gasteiger partial charge is 0.246 e. The molecule has 1 unspecified atom stereocenters. The molecular formula is C10H11NOS. The first-order chi connectivity index (χ1) is 6.40. The number of rotatable bonds is 1. The monoisotopic (exact) mass is 193 g/mol. The van der Waals surface area contributed by atoms with Crippen molar-refractivity contribution in [3.05, 3.63) is 35.9 Å². The van der Waals surface area contributed by atoms with Gasteiger partial charge in [0.2, 0.25) is 5.23 Å². The highest BCUT2D eigenvalue weighted by atomic mass is 32.2. The largest absolute Gasteiger partial charge is 0.463 e. The molecule has 0 aliphatic carbocycles. The van der Waals surface area contributed by atoms with Crippen LogP contribution in [0.25, 0.3) is 0 Å². The fraction of sp³-hybridized carbons (Fsp3) is 0.300. The van der Waals surface area contributed by atoms with E-state index in [-0.39, 0.29) is 6.10 Å². The third kappa shape index (κ3) is 1.86. The van der Waals surface area contributed by atoms with E-state index < -0.39 is 0 Å². The second kappa shape index (κ2) is 3.83. The van der Waals surface area contributed by atoms with Crippen molar-refractivity contribution in [2.75, 3.05) is 12.8 Å². The minimum absolute atomic E-state index is 0.128. The molecule has 1 aromatic carbocycles. The third-order valence-corrected chi connectivity index (χ3v) is 2.55. The molecule has 1 aromatic rings. The predicted octanol–water partition coefficient (Wildman–Crippen LogP) is 2.48. The van der Waals surface area contributed by atoms with Crippen molar-refractivity contribution < 1.29 is 4.74 Å². The lowest BCUT2D eigenvalue weighted by Crippen LogP contribution is -2.02. The van der Waals surface area contributed by atoms with Gasteiger partial charge in [0.1, 0.15) is 6.10 Å². The van der Waals surface area contributed by atoms with E-state index in [9.17, 15) is 0 Å². The fourth-order valence-corrected chi connectivity index (χ4v) is 1.72. The van der Waals surface area contributed by atoms with Gasteiger partial charge >= 0.3 is 0 Å². The molecule has 0 spiro atoms. The summed E-state index contributed by atoms with van der Waals surface area (Å²) >= 11 is 1.56. The molecule has 0 amide bonds. The molecule has 0 saturated carbocycles. The Morgan fingerprint density at radius 3 is 2.77 bits per heavy atom. The molecule has 1 aliphatic rings. The number of aliphatic imine (C=N–C) groups is 1. The van der Waals surface area contributed by atoms with Crippen molar-refractivity contribution in [3.8, 4) is 0 Å². The molecule has 0 saturated heterocycles. The summed E-state index contributed by atoms with van der Waals surface area (Å²) in [4.78, 5) is 4.27. The van der Waals surface area contributed by atoms with Gasteiger partial charge in [-0.3, -0.25) is 0 Å². The lowest BCUT2D eigenvalue weighted by Gasteiger charge is -2.09. The summed E-state index contributed by atoms with van der Waals surface area (Å²) in [6.45, 7) is 0.750. The molecule has 68 valence electrons. The quantitative estimate of drug-likeness (QED) is 0.683. The van der Waals surface area contributed by atoms with Gasteiger partial charge in [-0.25, -0.2) is 4.99 Å². The number of nitrogens with zero attached hydrogens (tertiary/aromatic N) is 1. The summed E-state index contributed by atoms with van der Waals surface area (Å²) in [5.41, 5.74) is 1.20. The van der Waals surface area contributed by atoms with Crippen LogP contribution < -0.4 is 0 Å². The van der Waals surface area contributed by atoms with Gasteiger partial charge in [-0.2, -0.15) is 0 Å². The average Bonchev–Trinajstić information content (AvgIpc) is 2.67. The second-order valence-electron chi connectivity index (χ2n) is 2.83. The Morgan fingerprint density at radius 1 is 1.38 bits per heavy atom. The Bertz CT molecular complexity index is 310. The molecule has 13 heavy (non-hydrogen) atoms. The van der Waals surface area contributed by atoms with E-state index in [4.69, 9.17) is 4.74 Å². The van der Waals surface area contributed by atoms with E-state index in [0.29, 0.717) is 0 Å². The Labute approximate surface area is 82.0 Å². The van der Waals surface area contributed by atoms with E-state index >= 15 is 0 Å². The van der Waals surface area contributed by atoms with Crippen molar-refractivity contribution >= 4 is 17.0 Å². The van der Waals surface area contributed by atoms with Crippen LogP contribution in [0.2, 0.25) is 0 Å². The van der Waals surface area contributed by atoms with Crippen molar-refractivity contribution in [1.29, 1.82) is 0 Å². The summed E-state index contributed by atoms with van der Waals surface area (Å²) in [5.74, 6) is 0. The first kappa shape index (κ1) is 8.63. The van der Waals surface area contributed by atoms with E-state index in [1.54, 1.807) is 11.8 Å². The van der Waals surface area contributed by atoms with Crippen LogP contribution in [0, 0.1) is 0 Å². The average molecular weight is 193 g/mol. The summed E-state index contributed by atoms with van der Waals surface area (Å²) in [5, 5.41) is 0.800. The van der Waals surface area contributed by atoms with Crippen molar-refractivity contribution in [1.82, 2.24) is 0 Å². The topological polar surface area (TPSA) is 21.6 Å². The molecule has 1 atom stereocenters. The summed E-state index contributed by atoms with van der Waals surface area (Å²) < 4.78 is 5.61. The summed E-state index contributed by atoms with van der Waals surface area (Å²) in [7, 11) is 0. The van der Waals surface area contributed by atoms with E-state index in [0.717, 1.165) is 11.8 Å². The Morgan fingerprint density at radius 2 is 2.15 bits per heavy atom. The highest BCUT2D eigenvalue weighted by Crippen LogP contribution is 2.25. The molecule has 2 nitrogen and oxygen atoms in total. The molecule has 0 fully saturated rings. The standard InChI is InChI=1S/C10H11NOS/c1-13-10-11-7-9(12-10)8-5-3-2-4-6-8/h2-6,9H,7H2,1H3. The van der Waals surface area contributed by atoms with Crippen LogP contribution >= 0.6 is 11.8 Å². The van der Waals surface area contributed by atoms with Crippen LogP contribution in [0.1, 0.15) is 11.7 Å². The Balaban J connectivity index is 2.07. The zero-order valence-corrected chi connectivity index (χ0v) is 8.25. The Kier molecular flexibility index (Phi) is 2.54. The number of thioether (sulfide) groups is 1. The summed E-state index contributed by atoms with van der Waals surface area (Å²) in [6.07, 6.45) is 2.11. The number of hydrogen-bond acceptors (Lipinski definition) is 3. The zero-order chi connectivity index (χ0) is 9.10. The van der Waals surface area contributed by atoms with Gasteiger partial charge in [-0.05, 0) is 11.8 Å². The molecule has 2 rings (SSSR count). The van der Waals surface area contributed by atoms with E-state index in [2.05, 4.69) is 17.1 Å².